The van der Waals surface area contributed by atoms with Crippen LogP contribution in [0.2, 0.25) is 5.02 Å². The number of hydrogen-bond acceptors (Lipinski definition) is 3. The standard InChI is InChI=1S/C17H23ClN4O/c1-12(2)16-15(17(23)20-9-5-8-19-3)11-21-22(16)14-7-4-6-13(18)10-14/h4,6-7,10-12,19H,5,8-9H2,1-3H3,(H,20,23). The second kappa shape index (κ2) is 8.13. The van der Waals surface area contributed by atoms with Gasteiger partial charge in [-0.15, -0.1) is 0 Å². The lowest BCUT2D eigenvalue weighted by atomic mass is 10.0. The van der Waals surface area contributed by atoms with E-state index in [0.717, 1.165) is 24.3 Å². The molecule has 2 N–H and O–H groups in total. The first-order valence-corrected chi connectivity index (χ1v) is 8.19. The van der Waals surface area contributed by atoms with Crippen molar-refractivity contribution in [2.24, 2.45) is 0 Å². The molecule has 0 fully saturated rings. The van der Waals surface area contributed by atoms with E-state index in [-0.39, 0.29) is 11.8 Å². The molecule has 1 aromatic heterocycles. The fourth-order valence-corrected chi connectivity index (χ4v) is 2.65. The van der Waals surface area contributed by atoms with E-state index in [1.807, 2.05) is 31.3 Å². The van der Waals surface area contributed by atoms with Crippen LogP contribution in [0.25, 0.3) is 5.69 Å². The lowest BCUT2D eigenvalue weighted by molar-refractivity contribution is 0.0952. The fourth-order valence-electron chi connectivity index (χ4n) is 2.46. The smallest absolute Gasteiger partial charge is 0.254 e. The molecule has 0 spiro atoms. The minimum absolute atomic E-state index is 0.0851. The summed E-state index contributed by atoms with van der Waals surface area (Å²) >= 11 is 6.07. The summed E-state index contributed by atoms with van der Waals surface area (Å²) in [6.45, 7) is 5.62. The highest BCUT2D eigenvalue weighted by atomic mass is 35.5. The van der Waals surface area contributed by atoms with Gasteiger partial charge in [0.2, 0.25) is 0 Å². The quantitative estimate of drug-likeness (QED) is 0.765. The van der Waals surface area contributed by atoms with Crippen LogP contribution in [0.15, 0.2) is 30.5 Å². The van der Waals surface area contributed by atoms with E-state index in [9.17, 15) is 4.79 Å². The van der Waals surface area contributed by atoms with E-state index in [0.29, 0.717) is 17.1 Å². The van der Waals surface area contributed by atoms with Crippen LogP contribution >= 0.6 is 11.6 Å². The zero-order valence-corrected chi connectivity index (χ0v) is 14.5. The molecule has 0 unspecified atom stereocenters. The van der Waals surface area contributed by atoms with Gasteiger partial charge in [-0.3, -0.25) is 4.79 Å². The summed E-state index contributed by atoms with van der Waals surface area (Å²) in [6.07, 6.45) is 2.52. The second-order valence-corrected chi connectivity index (χ2v) is 6.14. The Morgan fingerprint density at radius 3 is 2.78 bits per heavy atom. The Labute approximate surface area is 142 Å². The SMILES string of the molecule is CNCCCNC(=O)c1cnn(-c2cccc(Cl)c2)c1C(C)C. The van der Waals surface area contributed by atoms with Crippen molar-refractivity contribution < 1.29 is 4.79 Å². The molecule has 23 heavy (non-hydrogen) atoms. The predicted octanol–water partition coefficient (Wildman–Crippen LogP) is 2.99. The average Bonchev–Trinajstić information content (AvgIpc) is 2.96. The minimum atomic E-state index is -0.0851. The zero-order chi connectivity index (χ0) is 16.8. The van der Waals surface area contributed by atoms with Crippen LogP contribution in [-0.2, 0) is 0 Å². The van der Waals surface area contributed by atoms with E-state index in [1.54, 1.807) is 10.9 Å². The molecule has 0 aliphatic rings. The summed E-state index contributed by atoms with van der Waals surface area (Å²) in [7, 11) is 1.90. The molecule has 0 radical (unpaired) electrons. The molecule has 0 aliphatic heterocycles. The van der Waals surface area contributed by atoms with Crippen molar-refractivity contribution in [3.63, 3.8) is 0 Å². The van der Waals surface area contributed by atoms with Gasteiger partial charge in [0.15, 0.2) is 0 Å². The summed E-state index contributed by atoms with van der Waals surface area (Å²) in [5, 5.41) is 11.1. The maximum atomic E-state index is 12.4. The number of hydrogen-bond donors (Lipinski definition) is 2. The molecule has 124 valence electrons. The lowest BCUT2D eigenvalue weighted by Gasteiger charge is -2.13. The van der Waals surface area contributed by atoms with E-state index >= 15 is 0 Å². The van der Waals surface area contributed by atoms with Crippen LogP contribution in [0.4, 0.5) is 0 Å². The number of halogens is 1. The Hall–Kier alpha value is -1.85. The van der Waals surface area contributed by atoms with Gasteiger partial charge in [0.25, 0.3) is 5.91 Å². The number of rotatable bonds is 7. The van der Waals surface area contributed by atoms with Gasteiger partial charge in [-0.1, -0.05) is 31.5 Å². The maximum absolute atomic E-state index is 12.4. The van der Waals surface area contributed by atoms with E-state index < -0.39 is 0 Å². The summed E-state index contributed by atoms with van der Waals surface area (Å²) < 4.78 is 1.79. The Kier molecular flexibility index (Phi) is 6.19. The molecule has 2 rings (SSSR count). The highest BCUT2D eigenvalue weighted by Crippen LogP contribution is 2.24. The first-order valence-electron chi connectivity index (χ1n) is 7.81. The highest BCUT2D eigenvalue weighted by molar-refractivity contribution is 6.30. The molecule has 6 heteroatoms. The second-order valence-electron chi connectivity index (χ2n) is 5.70. The number of carbonyl (C=O) groups excluding carboxylic acids is 1. The molecule has 5 nitrogen and oxygen atoms in total. The molecule has 2 aromatic rings. The van der Waals surface area contributed by atoms with Gasteiger partial charge in [-0.25, -0.2) is 4.68 Å². The van der Waals surface area contributed by atoms with Gasteiger partial charge in [0, 0.05) is 11.6 Å². The van der Waals surface area contributed by atoms with Crippen molar-refractivity contribution in [2.75, 3.05) is 20.1 Å². The van der Waals surface area contributed by atoms with Crippen molar-refractivity contribution >= 4 is 17.5 Å². The molecular formula is C17H23ClN4O. The molecule has 0 saturated heterocycles. The van der Waals surface area contributed by atoms with E-state index in [1.165, 1.54) is 0 Å². The number of nitrogens with one attached hydrogen (secondary N) is 2. The molecule has 1 heterocycles. The van der Waals surface area contributed by atoms with Gasteiger partial charge < -0.3 is 10.6 Å². The van der Waals surface area contributed by atoms with Crippen LogP contribution in [0.1, 0.15) is 42.2 Å². The number of carbonyl (C=O) groups is 1. The topological polar surface area (TPSA) is 58.9 Å². The molecular weight excluding hydrogens is 312 g/mol. The van der Waals surface area contributed by atoms with Crippen LogP contribution in [0, 0.1) is 0 Å². The van der Waals surface area contributed by atoms with Crippen LogP contribution in [0.3, 0.4) is 0 Å². The molecule has 0 bridgehead atoms. The van der Waals surface area contributed by atoms with Crippen molar-refractivity contribution in [1.82, 2.24) is 20.4 Å². The fraction of sp³-hybridized carbons (Fsp3) is 0.412. The predicted molar refractivity (Wildman–Crippen MR) is 93.5 cm³/mol. The van der Waals surface area contributed by atoms with Gasteiger partial charge in [0.05, 0.1) is 23.1 Å². The highest BCUT2D eigenvalue weighted by Gasteiger charge is 2.20. The monoisotopic (exact) mass is 334 g/mol. The van der Waals surface area contributed by atoms with E-state index in [2.05, 4.69) is 29.6 Å². The third-order valence-corrected chi connectivity index (χ3v) is 3.77. The van der Waals surface area contributed by atoms with Crippen molar-refractivity contribution in [3.8, 4) is 5.69 Å². The summed E-state index contributed by atoms with van der Waals surface area (Å²) in [5.74, 6) is 0.0765. The average molecular weight is 335 g/mol. The molecule has 0 aliphatic carbocycles. The first-order chi connectivity index (χ1) is 11.0. The minimum Gasteiger partial charge on any atom is -0.352 e. The Morgan fingerprint density at radius 2 is 2.13 bits per heavy atom. The molecule has 1 aromatic carbocycles. The van der Waals surface area contributed by atoms with Crippen molar-refractivity contribution in [1.29, 1.82) is 0 Å². The molecule has 0 atom stereocenters. The molecule has 0 saturated carbocycles. The number of nitrogens with zero attached hydrogens (tertiary/aromatic N) is 2. The molecule has 1 amide bonds. The van der Waals surface area contributed by atoms with Gasteiger partial charge in [-0.05, 0) is 44.1 Å². The summed E-state index contributed by atoms with van der Waals surface area (Å²) in [5.41, 5.74) is 2.36. The summed E-state index contributed by atoms with van der Waals surface area (Å²) in [6, 6.07) is 7.47. The Bertz CT molecular complexity index is 666. The maximum Gasteiger partial charge on any atom is 0.254 e. The number of aromatic nitrogens is 2. The van der Waals surface area contributed by atoms with Crippen molar-refractivity contribution in [3.05, 3.63) is 46.7 Å². The third kappa shape index (κ3) is 4.33. The first kappa shape index (κ1) is 17.5. The Balaban J connectivity index is 2.26. The number of amides is 1. The van der Waals surface area contributed by atoms with E-state index in [4.69, 9.17) is 11.6 Å². The normalized spacial score (nSPS) is 11.0. The van der Waals surface area contributed by atoms with Crippen LogP contribution in [0.5, 0.6) is 0 Å². The summed E-state index contributed by atoms with van der Waals surface area (Å²) in [4.78, 5) is 12.4. The Morgan fingerprint density at radius 1 is 1.35 bits per heavy atom. The largest absolute Gasteiger partial charge is 0.352 e. The van der Waals surface area contributed by atoms with Gasteiger partial charge in [0.1, 0.15) is 0 Å². The van der Waals surface area contributed by atoms with Gasteiger partial charge in [-0.2, -0.15) is 5.10 Å². The number of benzene rings is 1. The third-order valence-electron chi connectivity index (χ3n) is 3.54. The van der Waals surface area contributed by atoms with Crippen LogP contribution < -0.4 is 10.6 Å². The lowest BCUT2D eigenvalue weighted by Crippen LogP contribution is -2.27. The van der Waals surface area contributed by atoms with Crippen LogP contribution in [-0.4, -0.2) is 35.8 Å². The van der Waals surface area contributed by atoms with Crippen molar-refractivity contribution in [2.45, 2.75) is 26.2 Å². The zero-order valence-electron chi connectivity index (χ0n) is 13.8. The van der Waals surface area contributed by atoms with Gasteiger partial charge >= 0.3 is 0 Å².